The number of hydrogen-bond acceptors (Lipinski definition) is 4. The van der Waals surface area contributed by atoms with Crippen LogP contribution in [0, 0.1) is 6.92 Å². The van der Waals surface area contributed by atoms with Crippen LogP contribution in [0.25, 0.3) is 0 Å². The fourth-order valence-electron chi connectivity index (χ4n) is 1.82. The Labute approximate surface area is 111 Å². The molecule has 3 N–H and O–H groups in total. The monoisotopic (exact) mass is 260 g/mol. The summed E-state index contributed by atoms with van der Waals surface area (Å²) < 4.78 is 6.86. The number of rotatable bonds is 4. The van der Waals surface area contributed by atoms with Crippen molar-refractivity contribution in [1.82, 2.24) is 9.78 Å². The summed E-state index contributed by atoms with van der Waals surface area (Å²) in [5.41, 5.74) is 8.02. The lowest BCUT2D eigenvalue weighted by atomic mass is 10.2. The first-order chi connectivity index (χ1) is 9.13. The summed E-state index contributed by atoms with van der Waals surface area (Å²) in [6.07, 6.45) is 1.76. The molecule has 2 rings (SSSR count). The molecule has 0 radical (unpaired) electrons. The molecule has 0 unspecified atom stereocenters. The fraction of sp³-hybridized carbons (Fsp3) is 0.231. The number of nitrogens with two attached hydrogens (primary N) is 1. The molecule has 2 aromatic rings. The van der Waals surface area contributed by atoms with E-state index in [-0.39, 0.29) is 5.84 Å². The number of amidine groups is 1. The SMILES string of the molecule is COc1ccc(Cn2cc(C(N)=NO)c(C)n2)cc1. The van der Waals surface area contributed by atoms with Gasteiger partial charge in [0.1, 0.15) is 5.75 Å². The Balaban J connectivity index is 2.19. The number of methoxy groups -OCH3 is 1. The summed E-state index contributed by atoms with van der Waals surface area (Å²) in [7, 11) is 1.63. The van der Waals surface area contributed by atoms with Gasteiger partial charge in [0.15, 0.2) is 5.84 Å². The molecule has 0 atom stereocenters. The number of nitrogens with zero attached hydrogens (tertiary/aromatic N) is 3. The lowest BCUT2D eigenvalue weighted by Crippen LogP contribution is -2.13. The lowest BCUT2D eigenvalue weighted by molar-refractivity contribution is 0.318. The summed E-state index contributed by atoms with van der Waals surface area (Å²) >= 11 is 0. The van der Waals surface area contributed by atoms with Crippen LogP contribution >= 0.6 is 0 Å². The zero-order chi connectivity index (χ0) is 13.8. The van der Waals surface area contributed by atoms with E-state index in [1.807, 2.05) is 31.2 Å². The van der Waals surface area contributed by atoms with Gasteiger partial charge in [0, 0.05) is 6.20 Å². The molecule has 19 heavy (non-hydrogen) atoms. The molecule has 0 aliphatic carbocycles. The highest BCUT2D eigenvalue weighted by molar-refractivity contribution is 5.97. The van der Waals surface area contributed by atoms with Gasteiger partial charge in [-0.15, -0.1) is 0 Å². The first-order valence-electron chi connectivity index (χ1n) is 5.79. The van der Waals surface area contributed by atoms with Crippen molar-refractivity contribution in [3.63, 3.8) is 0 Å². The van der Waals surface area contributed by atoms with Crippen LogP contribution in [-0.4, -0.2) is 27.9 Å². The third-order valence-corrected chi connectivity index (χ3v) is 2.83. The fourth-order valence-corrected chi connectivity index (χ4v) is 1.82. The summed E-state index contributed by atoms with van der Waals surface area (Å²) in [5, 5.41) is 16.0. The molecule has 0 amide bonds. The second-order valence-electron chi connectivity index (χ2n) is 4.16. The van der Waals surface area contributed by atoms with E-state index in [9.17, 15) is 0 Å². The van der Waals surface area contributed by atoms with Crippen molar-refractivity contribution in [2.45, 2.75) is 13.5 Å². The second kappa shape index (κ2) is 5.43. The standard InChI is InChI=1S/C13H16N4O2/c1-9-12(13(14)16-18)8-17(15-9)7-10-3-5-11(19-2)6-4-10/h3-6,8,18H,7H2,1-2H3,(H2,14,16). The molecule has 0 saturated carbocycles. The van der Waals surface area contributed by atoms with Gasteiger partial charge in [-0.3, -0.25) is 4.68 Å². The highest BCUT2D eigenvalue weighted by Gasteiger charge is 2.09. The molecular formula is C13H16N4O2. The zero-order valence-electron chi connectivity index (χ0n) is 10.9. The Morgan fingerprint density at radius 3 is 2.68 bits per heavy atom. The minimum atomic E-state index is 0.0680. The Bertz CT molecular complexity index is 587. The third-order valence-electron chi connectivity index (χ3n) is 2.83. The summed E-state index contributed by atoms with van der Waals surface area (Å²) in [6, 6.07) is 7.74. The minimum Gasteiger partial charge on any atom is -0.497 e. The summed E-state index contributed by atoms with van der Waals surface area (Å²) in [5.74, 6) is 0.885. The molecule has 1 aromatic carbocycles. The Morgan fingerprint density at radius 1 is 1.42 bits per heavy atom. The smallest absolute Gasteiger partial charge is 0.173 e. The van der Waals surface area contributed by atoms with Crippen LogP contribution in [0.4, 0.5) is 0 Å². The molecule has 6 heteroatoms. The van der Waals surface area contributed by atoms with E-state index >= 15 is 0 Å². The van der Waals surface area contributed by atoms with Crippen LogP contribution in [0.15, 0.2) is 35.6 Å². The average molecular weight is 260 g/mol. The van der Waals surface area contributed by atoms with Crippen LogP contribution in [0.3, 0.4) is 0 Å². The van der Waals surface area contributed by atoms with Crippen LogP contribution in [0.1, 0.15) is 16.8 Å². The van der Waals surface area contributed by atoms with Gasteiger partial charge in [-0.2, -0.15) is 5.10 Å². The van der Waals surface area contributed by atoms with E-state index in [1.165, 1.54) is 0 Å². The second-order valence-corrected chi connectivity index (χ2v) is 4.16. The molecular weight excluding hydrogens is 244 g/mol. The molecule has 0 spiro atoms. The number of hydrogen-bond donors (Lipinski definition) is 2. The molecule has 1 aromatic heterocycles. The minimum absolute atomic E-state index is 0.0680. The maximum absolute atomic E-state index is 8.68. The highest BCUT2D eigenvalue weighted by Crippen LogP contribution is 2.13. The molecule has 1 heterocycles. The Hall–Kier alpha value is -2.50. The molecule has 100 valence electrons. The third kappa shape index (κ3) is 2.85. The number of aryl methyl sites for hydroxylation is 1. The van der Waals surface area contributed by atoms with Crippen LogP contribution in [0.5, 0.6) is 5.75 Å². The van der Waals surface area contributed by atoms with Gasteiger partial charge in [0.25, 0.3) is 0 Å². The molecule has 0 bridgehead atoms. The van der Waals surface area contributed by atoms with Crippen molar-refractivity contribution >= 4 is 5.84 Å². The quantitative estimate of drug-likeness (QED) is 0.376. The van der Waals surface area contributed by atoms with E-state index in [2.05, 4.69) is 10.3 Å². The number of aromatic nitrogens is 2. The van der Waals surface area contributed by atoms with E-state index in [1.54, 1.807) is 18.0 Å². The van der Waals surface area contributed by atoms with Crippen molar-refractivity contribution in [3.8, 4) is 5.75 Å². The van der Waals surface area contributed by atoms with Gasteiger partial charge >= 0.3 is 0 Å². The normalized spacial score (nSPS) is 11.6. The van der Waals surface area contributed by atoms with Crippen molar-refractivity contribution < 1.29 is 9.94 Å². The van der Waals surface area contributed by atoms with Gasteiger partial charge < -0.3 is 15.7 Å². The molecule has 0 aliphatic rings. The number of oxime groups is 1. The van der Waals surface area contributed by atoms with Crippen LogP contribution in [-0.2, 0) is 6.54 Å². The van der Waals surface area contributed by atoms with Crippen molar-refractivity contribution in [2.75, 3.05) is 7.11 Å². The van der Waals surface area contributed by atoms with Crippen LogP contribution in [0.2, 0.25) is 0 Å². The number of ether oxygens (including phenoxy) is 1. The Kier molecular flexibility index (Phi) is 3.70. The maximum atomic E-state index is 8.68. The molecule has 0 fully saturated rings. The van der Waals surface area contributed by atoms with Gasteiger partial charge in [0.05, 0.1) is 24.9 Å². The van der Waals surface area contributed by atoms with Crippen molar-refractivity contribution in [1.29, 1.82) is 0 Å². The molecule has 0 aliphatic heterocycles. The molecule has 6 nitrogen and oxygen atoms in total. The number of benzene rings is 1. The van der Waals surface area contributed by atoms with Crippen molar-refractivity contribution in [3.05, 3.63) is 47.3 Å². The summed E-state index contributed by atoms with van der Waals surface area (Å²) in [6.45, 7) is 2.43. The highest BCUT2D eigenvalue weighted by atomic mass is 16.5. The first-order valence-corrected chi connectivity index (χ1v) is 5.79. The summed E-state index contributed by atoms with van der Waals surface area (Å²) in [4.78, 5) is 0. The predicted octanol–water partition coefficient (Wildman–Crippen LogP) is 1.34. The topological polar surface area (TPSA) is 85.7 Å². The van der Waals surface area contributed by atoms with Gasteiger partial charge in [0.2, 0.25) is 0 Å². The van der Waals surface area contributed by atoms with Gasteiger partial charge in [-0.25, -0.2) is 0 Å². The first kappa shape index (κ1) is 12.9. The Morgan fingerprint density at radius 2 is 2.11 bits per heavy atom. The zero-order valence-corrected chi connectivity index (χ0v) is 10.9. The van der Waals surface area contributed by atoms with E-state index in [0.717, 1.165) is 17.0 Å². The maximum Gasteiger partial charge on any atom is 0.173 e. The van der Waals surface area contributed by atoms with Gasteiger partial charge in [-0.05, 0) is 24.6 Å². The molecule has 0 saturated heterocycles. The van der Waals surface area contributed by atoms with Crippen LogP contribution < -0.4 is 10.5 Å². The van der Waals surface area contributed by atoms with E-state index in [0.29, 0.717) is 12.1 Å². The van der Waals surface area contributed by atoms with Gasteiger partial charge in [-0.1, -0.05) is 17.3 Å². The predicted molar refractivity (Wildman–Crippen MR) is 71.6 cm³/mol. The largest absolute Gasteiger partial charge is 0.497 e. The lowest BCUT2D eigenvalue weighted by Gasteiger charge is -2.03. The van der Waals surface area contributed by atoms with Crippen molar-refractivity contribution in [2.24, 2.45) is 10.9 Å². The van der Waals surface area contributed by atoms with E-state index < -0.39 is 0 Å². The average Bonchev–Trinajstić information content (AvgIpc) is 2.79. The van der Waals surface area contributed by atoms with E-state index in [4.69, 9.17) is 15.7 Å².